The first-order chi connectivity index (χ1) is 9.36. The van der Waals surface area contributed by atoms with Gasteiger partial charge in [0.1, 0.15) is 11.9 Å². The first kappa shape index (κ1) is 12.9. The molecule has 2 aliphatic heterocycles. The maximum absolute atomic E-state index is 8.97. The number of aliphatic hydroxyl groups is 1. The van der Waals surface area contributed by atoms with E-state index in [1.807, 2.05) is 6.07 Å². The van der Waals surface area contributed by atoms with Crippen LogP contribution in [-0.2, 0) is 6.42 Å². The predicted molar refractivity (Wildman–Crippen MR) is 75.5 cm³/mol. The van der Waals surface area contributed by atoms with Crippen molar-refractivity contribution < 1.29 is 9.84 Å². The number of ether oxygens (including phenoxy) is 1. The van der Waals surface area contributed by atoms with Gasteiger partial charge in [-0.25, -0.2) is 0 Å². The van der Waals surface area contributed by atoms with Crippen molar-refractivity contribution in [3.8, 4) is 5.75 Å². The molecule has 1 N–H and O–H groups in total. The summed E-state index contributed by atoms with van der Waals surface area (Å²) in [5.74, 6) is 1.07. The smallest absolute Gasteiger partial charge is 0.123 e. The first-order valence-corrected chi connectivity index (χ1v) is 7.46. The van der Waals surface area contributed by atoms with Crippen molar-refractivity contribution in [2.24, 2.45) is 0 Å². The molecule has 1 aromatic rings. The van der Waals surface area contributed by atoms with Gasteiger partial charge in [0.2, 0.25) is 0 Å². The third-order valence-electron chi connectivity index (χ3n) is 4.35. The van der Waals surface area contributed by atoms with Crippen LogP contribution in [0, 0.1) is 0 Å². The summed E-state index contributed by atoms with van der Waals surface area (Å²) in [5.41, 5.74) is 1.35. The van der Waals surface area contributed by atoms with E-state index in [2.05, 4.69) is 23.1 Å². The number of para-hydroxylation sites is 1. The van der Waals surface area contributed by atoms with Crippen LogP contribution in [0.4, 0.5) is 0 Å². The summed E-state index contributed by atoms with van der Waals surface area (Å²) in [6.45, 7) is 2.53. The number of rotatable bonds is 5. The van der Waals surface area contributed by atoms with Crippen molar-refractivity contribution in [1.82, 2.24) is 4.90 Å². The molecule has 19 heavy (non-hydrogen) atoms. The minimum Gasteiger partial charge on any atom is -0.488 e. The topological polar surface area (TPSA) is 32.7 Å². The highest BCUT2D eigenvalue weighted by Gasteiger charge is 2.30. The molecule has 2 atom stereocenters. The average molecular weight is 261 g/mol. The van der Waals surface area contributed by atoms with Crippen LogP contribution < -0.4 is 4.74 Å². The van der Waals surface area contributed by atoms with Gasteiger partial charge in [-0.15, -0.1) is 0 Å². The van der Waals surface area contributed by atoms with E-state index in [9.17, 15) is 0 Å². The van der Waals surface area contributed by atoms with Crippen molar-refractivity contribution in [1.29, 1.82) is 0 Å². The van der Waals surface area contributed by atoms with Gasteiger partial charge in [-0.2, -0.15) is 0 Å². The fraction of sp³-hybridized carbons (Fsp3) is 0.625. The Bertz CT molecular complexity index is 396. The molecule has 0 bridgehead atoms. The van der Waals surface area contributed by atoms with Crippen LogP contribution in [0.5, 0.6) is 5.75 Å². The van der Waals surface area contributed by atoms with Gasteiger partial charge in [0.05, 0.1) is 0 Å². The van der Waals surface area contributed by atoms with E-state index < -0.39 is 0 Å². The second-order valence-corrected chi connectivity index (χ2v) is 5.71. The number of hydrogen-bond acceptors (Lipinski definition) is 3. The van der Waals surface area contributed by atoms with Gasteiger partial charge in [-0.05, 0) is 43.9 Å². The molecule has 0 amide bonds. The van der Waals surface area contributed by atoms with Crippen LogP contribution in [0.2, 0.25) is 0 Å². The highest BCUT2D eigenvalue weighted by molar-refractivity contribution is 5.37. The lowest BCUT2D eigenvalue weighted by molar-refractivity contribution is 0.134. The van der Waals surface area contributed by atoms with E-state index in [-0.39, 0.29) is 0 Å². The number of aliphatic hydroxyl groups excluding tert-OH is 1. The molecule has 2 heterocycles. The summed E-state index contributed by atoms with van der Waals surface area (Å²) in [7, 11) is 0. The number of hydrogen-bond donors (Lipinski definition) is 1. The van der Waals surface area contributed by atoms with Gasteiger partial charge in [0.25, 0.3) is 0 Å². The maximum atomic E-state index is 8.97. The monoisotopic (exact) mass is 261 g/mol. The Labute approximate surface area is 115 Å². The second kappa shape index (κ2) is 5.93. The van der Waals surface area contributed by atoms with E-state index in [4.69, 9.17) is 9.84 Å². The summed E-state index contributed by atoms with van der Waals surface area (Å²) in [6, 6.07) is 9.02. The number of nitrogens with zero attached hydrogens (tertiary/aromatic N) is 1. The summed E-state index contributed by atoms with van der Waals surface area (Å²) in [4.78, 5) is 2.56. The molecular weight excluding hydrogens is 238 g/mol. The highest BCUT2D eigenvalue weighted by Crippen LogP contribution is 2.30. The molecule has 1 saturated heterocycles. The fourth-order valence-corrected chi connectivity index (χ4v) is 3.41. The van der Waals surface area contributed by atoms with Gasteiger partial charge < -0.3 is 9.84 Å². The maximum Gasteiger partial charge on any atom is 0.123 e. The molecule has 0 saturated carbocycles. The van der Waals surface area contributed by atoms with Gasteiger partial charge >= 0.3 is 0 Å². The molecule has 0 aromatic heterocycles. The molecule has 0 spiro atoms. The lowest BCUT2D eigenvalue weighted by Gasteiger charge is -2.26. The molecular formula is C16H23NO2. The Kier molecular flexibility index (Phi) is 4.04. The van der Waals surface area contributed by atoms with Gasteiger partial charge in [0, 0.05) is 25.6 Å². The van der Waals surface area contributed by atoms with Gasteiger partial charge in [-0.3, -0.25) is 4.90 Å². The zero-order valence-electron chi connectivity index (χ0n) is 11.4. The molecule has 3 heteroatoms. The van der Waals surface area contributed by atoms with Crippen LogP contribution in [-0.4, -0.2) is 41.8 Å². The number of fused-ring (bicyclic) bond motifs is 1. The normalized spacial score (nSPS) is 26.4. The van der Waals surface area contributed by atoms with E-state index in [1.54, 1.807) is 0 Å². The molecule has 2 aliphatic rings. The van der Waals surface area contributed by atoms with Crippen LogP contribution >= 0.6 is 0 Å². The zero-order valence-corrected chi connectivity index (χ0v) is 11.4. The third-order valence-corrected chi connectivity index (χ3v) is 4.35. The lowest BCUT2D eigenvalue weighted by Crippen LogP contribution is -2.38. The third kappa shape index (κ3) is 2.93. The Morgan fingerprint density at radius 1 is 1.32 bits per heavy atom. The lowest BCUT2D eigenvalue weighted by atomic mass is 10.1. The van der Waals surface area contributed by atoms with Crippen molar-refractivity contribution >= 4 is 0 Å². The summed E-state index contributed by atoms with van der Waals surface area (Å²) in [6.07, 6.45) is 5.96. The number of benzene rings is 1. The molecule has 3 nitrogen and oxygen atoms in total. The zero-order chi connectivity index (χ0) is 13.1. The van der Waals surface area contributed by atoms with Crippen molar-refractivity contribution in [2.45, 2.75) is 44.2 Å². The Morgan fingerprint density at radius 2 is 2.21 bits per heavy atom. The van der Waals surface area contributed by atoms with Crippen molar-refractivity contribution in [3.63, 3.8) is 0 Å². The largest absolute Gasteiger partial charge is 0.488 e. The summed E-state index contributed by atoms with van der Waals surface area (Å²) < 4.78 is 6.03. The summed E-state index contributed by atoms with van der Waals surface area (Å²) >= 11 is 0. The van der Waals surface area contributed by atoms with E-state index in [1.165, 1.54) is 24.9 Å². The first-order valence-electron chi connectivity index (χ1n) is 7.46. The SMILES string of the molecule is OCCCC1CCCN1CC1Cc2ccccc2O1. The second-order valence-electron chi connectivity index (χ2n) is 5.71. The molecule has 1 fully saturated rings. The minimum absolute atomic E-state index is 0.312. The molecule has 0 radical (unpaired) electrons. The van der Waals surface area contributed by atoms with Crippen molar-refractivity contribution in [2.75, 3.05) is 19.7 Å². The number of likely N-dealkylation sites (tertiary alicyclic amines) is 1. The van der Waals surface area contributed by atoms with E-state index >= 15 is 0 Å². The van der Waals surface area contributed by atoms with E-state index in [0.717, 1.165) is 31.6 Å². The Hall–Kier alpha value is -1.06. The Morgan fingerprint density at radius 3 is 3.05 bits per heavy atom. The molecule has 3 rings (SSSR count). The highest BCUT2D eigenvalue weighted by atomic mass is 16.5. The molecule has 2 unspecified atom stereocenters. The van der Waals surface area contributed by atoms with Crippen LogP contribution in [0.15, 0.2) is 24.3 Å². The van der Waals surface area contributed by atoms with Crippen LogP contribution in [0.3, 0.4) is 0 Å². The Balaban J connectivity index is 1.55. The van der Waals surface area contributed by atoms with E-state index in [0.29, 0.717) is 18.8 Å². The van der Waals surface area contributed by atoms with Gasteiger partial charge in [-0.1, -0.05) is 18.2 Å². The van der Waals surface area contributed by atoms with Crippen LogP contribution in [0.25, 0.3) is 0 Å². The van der Waals surface area contributed by atoms with Crippen molar-refractivity contribution in [3.05, 3.63) is 29.8 Å². The average Bonchev–Trinajstić information content (AvgIpc) is 3.02. The van der Waals surface area contributed by atoms with Crippen LogP contribution in [0.1, 0.15) is 31.2 Å². The molecule has 1 aromatic carbocycles. The standard InChI is InChI=1S/C16H23NO2/c18-10-4-7-14-6-3-9-17(14)12-15-11-13-5-1-2-8-16(13)19-15/h1-2,5,8,14-15,18H,3-4,6-7,9-12H2. The quantitative estimate of drug-likeness (QED) is 0.882. The molecule has 0 aliphatic carbocycles. The minimum atomic E-state index is 0.312. The molecule has 104 valence electrons. The predicted octanol–water partition coefficient (Wildman–Crippen LogP) is 2.23. The van der Waals surface area contributed by atoms with Gasteiger partial charge in [0.15, 0.2) is 0 Å². The fourth-order valence-electron chi connectivity index (χ4n) is 3.41. The summed E-state index contributed by atoms with van der Waals surface area (Å²) in [5, 5.41) is 8.97.